The van der Waals surface area contributed by atoms with Crippen LogP contribution < -0.4 is 5.32 Å². The Morgan fingerprint density at radius 2 is 1.88 bits per heavy atom. The standard InChI is InChI=1S/C13H15F2NO/c1-7-4-9(14)10(15)5-11(7)16-12(17)8-6-13(8,2)3/h4-5,8H,6H2,1-3H3,(H,16,17). The molecule has 1 amide bonds. The van der Waals surface area contributed by atoms with Gasteiger partial charge in [-0.05, 0) is 30.4 Å². The summed E-state index contributed by atoms with van der Waals surface area (Å²) in [4.78, 5) is 11.8. The van der Waals surface area contributed by atoms with Gasteiger partial charge in [0.15, 0.2) is 11.6 Å². The number of aryl methyl sites for hydroxylation is 1. The van der Waals surface area contributed by atoms with Crippen LogP contribution in [0.1, 0.15) is 25.8 Å². The Morgan fingerprint density at radius 1 is 1.35 bits per heavy atom. The molecule has 0 heterocycles. The molecule has 0 aromatic heterocycles. The smallest absolute Gasteiger partial charge is 0.228 e. The summed E-state index contributed by atoms with van der Waals surface area (Å²) in [5.74, 6) is -1.99. The fraction of sp³-hybridized carbons (Fsp3) is 0.462. The lowest BCUT2D eigenvalue weighted by Crippen LogP contribution is -2.17. The normalized spacial score (nSPS) is 21.1. The highest BCUT2D eigenvalue weighted by Gasteiger charge is 2.50. The fourth-order valence-electron chi connectivity index (χ4n) is 1.92. The first-order valence-electron chi connectivity index (χ1n) is 5.58. The van der Waals surface area contributed by atoms with Gasteiger partial charge in [0.25, 0.3) is 0 Å². The van der Waals surface area contributed by atoms with Gasteiger partial charge in [-0.25, -0.2) is 8.78 Å². The highest BCUT2D eigenvalue weighted by Crippen LogP contribution is 2.52. The number of anilines is 1. The molecular weight excluding hydrogens is 224 g/mol. The second-order valence-electron chi connectivity index (χ2n) is 5.32. The van der Waals surface area contributed by atoms with Crippen molar-refractivity contribution >= 4 is 11.6 Å². The van der Waals surface area contributed by atoms with Gasteiger partial charge in [0, 0.05) is 17.7 Å². The average molecular weight is 239 g/mol. The first kappa shape index (κ1) is 12.0. The van der Waals surface area contributed by atoms with E-state index >= 15 is 0 Å². The molecule has 1 aliphatic carbocycles. The van der Waals surface area contributed by atoms with Crippen LogP contribution >= 0.6 is 0 Å². The van der Waals surface area contributed by atoms with E-state index in [-0.39, 0.29) is 17.2 Å². The summed E-state index contributed by atoms with van der Waals surface area (Å²) in [6.45, 7) is 5.65. The molecule has 2 rings (SSSR count). The van der Waals surface area contributed by atoms with Crippen molar-refractivity contribution in [2.75, 3.05) is 5.32 Å². The van der Waals surface area contributed by atoms with Gasteiger partial charge in [0.05, 0.1) is 0 Å². The molecule has 1 fully saturated rings. The molecule has 92 valence electrons. The molecule has 0 bridgehead atoms. The van der Waals surface area contributed by atoms with Crippen LogP contribution in [-0.2, 0) is 4.79 Å². The van der Waals surface area contributed by atoms with Crippen molar-refractivity contribution in [2.24, 2.45) is 11.3 Å². The maximum Gasteiger partial charge on any atom is 0.228 e. The molecule has 0 aliphatic heterocycles. The molecule has 1 saturated carbocycles. The van der Waals surface area contributed by atoms with E-state index in [1.54, 1.807) is 6.92 Å². The van der Waals surface area contributed by atoms with E-state index in [2.05, 4.69) is 5.32 Å². The summed E-state index contributed by atoms with van der Waals surface area (Å²) in [6, 6.07) is 2.11. The zero-order valence-corrected chi connectivity index (χ0v) is 10.1. The first-order chi connectivity index (χ1) is 7.81. The van der Waals surface area contributed by atoms with Crippen LogP contribution in [0.15, 0.2) is 12.1 Å². The lowest BCUT2D eigenvalue weighted by Gasteiger charge is -2.09. The summed E-state index contributed by atoms with van der Waals surface area (Å²) in [5.41, 5.74) is 0.892. The van der Waals surface area contributed by atoms with Crippen molar-refractivity contribution in [3.05, 3.63) is 29.3 Å². The summed E-state index contributed by atoms with van der Waals surface area (Å²) in [7, 11) is 0. The minimum absolute atomic E-state index is 0.0244. The van der Waals surface area contributed by atoms with Gasteiger partial charge < -0.3 is 5.32 Å². The minimum Gasteiger partial charge on any atom is -0.325 e. The molecule has 17 heavy (non-hydrogen) atoms. The highest BCUT2D eigenvalue weighted by atomic mass is 19.2. The SMILES string of the molecule is Cc1cc(F)c(F)cc1NC(=O)C1CC1(C)C. The third-order valence-corrected chi connectivity index (χ3v) is 3.36. The van der Waals surface area contributed by atoms with Gasteiger partial charge in [0.2, 0.25) is 5.91 Å². The zero-order chi connectivity index (χ0) is 12.8. The van der Waals surface area contributed by atoms with Gasteiger partial charge in [0.1, 0.15) is 0 Å². The lowest BCUT2D eigenvalue weighted by molar-refractivity contribution is -0.118. The third kappa shape index (κ3) is 2.30. The van der Waals surface area contributed by atoms with Gasteiger partial charge >= 0.3 is 0 Å². The van der Waals surface area contributed by atoms with E-state index in [1.165, 1.54) is 0 Å². The first-order valence-corrected chi connectivity index (χ1v) is 5.58. The van der Waals surface area contributed by atoms with E-state index in [0.29, 0.717) is 11.3 Å². The van der Waals surface area contributed by atoms with Crippen LogP contribution in [0.4, 0.5) is 14.5 Å². The van der Waals surface area contributed by atoms with Crippen LogP contribution in [0, 0.1) is 29.9 Å². The Hall–Kier alpha value is -1.45. The molecule has 0 saturated heterocycles. The number of carbonyl (C=O) groups excluding carboxylic acids is 1. The van der Waals surface area contributed by atoms with Crippen LogP contribution in [0.3, 0.4) is 0 Å². The maximum absolute atomic E-state index is 13.1. The number of hydrogen-bond donors (Lipinski definition) is 1. The molecule has 4 heteroatoms. The Morgan fingerprint density at radius 3 is 2.41 bits per heavy atom. The minimum atomic E-state index is -0.944. The van der Waals surface area contributed by atoms with Crippen LogP contribution in [0.25, 0.3) is 0 Å². The highest BCUT2D eigenvalue weighted by molar-refractivity contribution is 5.95. The number of benzene rings is 1. The number of halogens is 2. The molecule has 1 atom stereocenters. The van der Waals surface area contributed by atoms with Gasteiger partial charge in [-0.2, -0.15) is 0 Å². The van der Waals surface area contributed by atoms with Gasteiger partial charge in [-0.1, -0.05) is 13.8 Å². The van der Waals surface area contributed by atoms with Crippen LogP contribution in [0.5, 0.6) is 0 Å². The number of hydrogen-bond acceptors (Lipinski definition) is 1. The third-order valence-electron chi connectivity index (χ3n) is 3.36. The van der Waals surface area contributed by atoms with Crippen molar-refractivity contribution in [3.8, 4) is 0 Å². The number of carbonyl (C=O) groups is 1. The number of nitrogens with one attached hydrogen (secondary N) is 1. The zero-order valence-electron chi connectivity index (χ0n) is 10.1. The second-order valence-corrected chi connectivity index (χ2v) is 5.32. The van der Waals surface area contributed by atoms with E-state index < -0.39 is 11.6 Å². The molecule has 1 aromatic carbocycles. The Labute approximate surface area is 99.0 Å². The molecule has 1 N–H and O–H groups in total. The van der Waals surface area contributed by atoms with E-state index in [9.17, 15) is 13.6 Å². The molecule has 1 aromatic rings. The molecule has 1 unspecified atom stereocenters. The Kier molecular flexibility index (Phi) is 2.68. The summed E-state index contributed by atoms with van der Waals surface area (Å²) >= 11 is 0. The van der Waals surface area contributed by atoms with E-state index in [0.717, 1.165) is 18.6 Å². The predicted molar refractivity (Wildman–Crippen MR) is 61.6 cm³/mol. The lowest BCUT2D eigenvalue weighted by atomic mass is 10.1. The van der Waals surface area contributed by atoms with Crippen LogP contribution in [0.2, 0.25) is 0 Å². The van der Waals surface area contributed by atoms with Crippen molar-refractivity contribution in [2.45, 2.75) is 27.2 Å². The molecule has 1 aliphatic rings. The number of amides is 1. The van der Waals surface area contributed by atoms with E-state index in [1.807, 2.05) is 13.8 Å². The van der Waals surface area contributed by atoms with Gasteiger partial charge in [-0.15, -0.1) is 0 Å². The molecule has 0 radical (unpaired) electrons. The van der Waals surface area contributed by atoms with Crippen molar-refractivity contribution in [3.63, 3.8) is 0 Å². The molecular formula is C13H15F2NO. The maximum atomic E-state index is 13.1. The molecule has 2 nitrogen and oxygen atoms in total. The fourth-order valence-corrected chi connectivity index (χ4v) is 1.92. The average Bonchev–Trinajstić information content (AvgIpc) is 2.84. The monoisotopic (exact) mass is 239 g/mol. The van der Waals surface area contributed by atoms with Crippen LogP contribution in [-0.4, -0.2) is 5.91 Å². The van der Waals surface area contributed by atoms with Crippen molar-refractivity contribution in [1.29, 1.82) is 0 Å². The summed E-state index contributed by atoms with van der Waals surface area (Å²) in [6.07, 6.45) is 0.835. The quantitative estimate of drug-likeness (QED) is 0.843. The predicted octanol–water partition coefficient (Wildman–Crippen LogP) is 3.26. The topological polar surface area (TPSA) is 29.1 Å². The molecule has 0 spiro atoms. The summed E-state index contributed by atoms with van der Waals surface area (Å²) in [5, 5.41) is 2.65. The van der Waals surface area contributed by atoms with Crippen molar-refractivity contribution < 1.29 is 13.6 Å². The number of rotatable bonds is 2. The van der Waals surface area contributed by atoms with Crippen molar-refractivity contribution in [1.82, 2.24) is 0 Å². The largest absolute Gasteiger partial charge is 0.325 e. The second kappa shape index (κ2) is 3.79. The van der Waals surface area contributed by atoms with E-state index in [4.69, 9.17) is 0 Å². The summed E-state index contributed by atoms with van der Waals surface area (Å²) < 4.78 is 26.0. The Bertz CT molecular complexity index is 483. The van der Waals surface area contributed by atoms with Gasteiger partial charge in [-0.3, -0.25) is 4.79 Å². The Balaban J connectivity index is 2.14.